The van der Waals surface area contributed by atoms with Gasteiger partial charge in [0.2, 0.25) is 0 Å². The van der Waals surface area contributed by atoms with Crippen LogP contribution in [-0.4, -0.2) is 53.8 Å². The molecule has 2 aromatic rings. The number of piperazine rings is 1. The van der Waals surface area contributed by atoms with Gasteiger partial charge >= 0.3 is 0 Å². The van der Waals surface area contributed by atoms with Gasteiger partial charge in [0, 0.05) is 43.4 Å². The van der Waals surface area contributed by atoms with Gasteiger partial charge < -0.3 is 9.32 Å². The summed E-state index contributed by atoms with van der Waals surface area (Å²) in [5.74, 6) is 0.451. The van der Waals surface area contributed by atoms with E-state index < -0.39 is 0 Å². The van der Waals surface area contributed by atoms with Crippen molar-refractivity contribution in [3.05, 3.63) is 35.6 Å². The van der Waals surface area contributed by atoms with Crippen LogP contribution in [0.5, 0.6) is 0 Å². The van der Waals surface area contributed by atoms with Crippen molar-refractivity contribution in [2.75, 3.05) is 38.1 Å². The highest BCUT2D eigenvalue weighted by molar-refractivity contribution is 9.09. The Morgan fingerprint density at radius 1 is 1.24 bits per heavy atom. The van der Waals surface area contributed by atoms with E-state index in [0.717, 1.165) is 49.0 Å². The lowest BCUT2D eigenvalue weighted by atomic mass is 10.2. The van der Waals surface area contributed by atoms with Crippen molar-refractivity contribution in [1.29, 1.82) is 0 Å². The second kappa shape index (κ2) is 6.20. The van der Waals surface area contributed by atoms with E-state index in [1.54, 1.807) is 0 Å². The minimum atomic E-state index is 0.00217. The molecule has 5 heteroatoms. The monoisotopic (exact) mass is 350 g/mol. The maximum absolute atomic E-state index is 12.5. The van der Waals surface area contributed by atoms with E-state index in [1.807, 2.05) is 36.1 Å². The molecule has 0 saturated carbocycles. The van der Waals surface area contributed by atoms with Crippen molar-refractivity contribution in [1.82, 2.24) is 9.80 Å². The second-order valence-corrected chi connectivity index (χ2v) is 6.27. The molecule has 3 rings (SSSR count). The van der Waals surface area contributed by atoms with E-state index in [1.165, 1.54) is 5.56 Å². The van der Waals surface area contributed by atoms with Gasteiger partial charge in [-0.05, 0) is 25.1 Å². The van der Waals surface area contributed by atoms with Crippen LogP contribution in [0.25, 0.3) is 11.0 Å². The number of hydrogen-bond acceptors (Lipinski definition) is 3. The zero-order chi connectivity index (χ0) is 14.8. The topological polar surface area (TPSA) is 36.7 Å². The molecule has 1 aliphatic rings. The van der Waals surface area contributed by atoms with E-state index in [-0.39, 0.29) is 5.91 Å². The number of fused-ring (bicyclic) bond motifs is 1. The molecule has 4 nitrogen and oxygen atoms in total. The molecule has 0 spiro atoms. The molecule has 1 amide bonds. The Labute approximate surface area is 132 Å². The summed E-state index contributed by atoms with van der Waals surface area (Å²) in [4.78, 5) is 16.8. The normalized spacial score (nSPS) is 16.6. The maximum Gasteiger partial charge on any atom is 0.289 e. The predicted octanol–water partition coefficient (Wildman–Crippen LogP) is 2.89. The highest BCUT2D eigenvalue weighted by Crippen LogP contribution is 2.22. The van der Waals surface area contributed by atoms with Crippen molar-refractivity contribution in [3.8, 4) is 0 Å². The lowest BCUT2D eigenvalue weighted by Gasteiger charge is -2.33. The molecule has 1 aromatic carbocycles. The summed E-state index contributed by atoms with van der Waals surface area (Å²) in [5, 5.41) is 1.97. The lowest BCUT2D eigenvalue weighted by molar-refractivity contribution is 0.0616. The Hall–Kier alpha value is -1.33. The Bertz CT molecular complexity index is 645. The molecule has 0 bridgehead atoms. The largest absolute Gasteiger partial charge is 0.451 e. The van der Waals surface area contributed by atoms with Gasteiger partial charge in [-0.15, -0.1) is 0 Å². The zero-order valence-corrected chi connectivity index (χ0v) is 13.7. The molecule has 21 heavy (non-hydrogen) atoms. The van der Waals surface area contributed by atoms with Crippen LogP contribution in [0.4, 0.5) is 0 Å². The van der Waals surface area contributed by atoms with Crippen LogP contribution in [0.2, 0.25) is 0 Å². The number of furan rings is 1. The molecule has 0 atom stereocenters. The third-order valence-electron chi connectivity index (χ3n) is 3.94. The molecule has 0 aliphatic carbocycles. The number of nitrogens with zero attached hydrogens (tertiary/aromatic N) is 2. The summed E-state index contributed by atoms with van der Waals surface area (Å²) in [5.41, 5.74) is 1.95. The summed E-state index contributed by atoms with van der Waals surface area (Å²) in [7, 11) is 0. The van der Waals surface area contributed by atoms with Crippen molar-refractivity contribution >= 4 is 32.8 Å². The summed E-state index contributed by atoms with van der Waals surface area (Å²) < 4.78 is 5.70. The van der Waals surface area contributed by atoms with Crippen LogP contribution in [0, 0.1) is 6.92 Å². The van der Waals surface area contributed by atoms with Gasteiger partial charge in [-0.1, -0.05) is 27.6 Å². The molecule has 1 aliphatic heterocycles. The van der Waals surface area contributed by atoms with Gasteiger partial charge in [-0.3, -0.25) is 9.69 Å². The zero-order valence-electron chi connectivity index (χ0n) is 12.1. The van der Waals surface area contributed by atoms with Crippen LogP contribution in [0.15, 0.2) is 28.7 Å². The Morgan fingerprint density at radius 2 is 2.00 bits per heavy atom. The summed E-state index contributed by atoms with van der Waals surface area (Å²) >= 11 is 3.45. The second-order valence-electron chi connectivity index (χ2n) is 5.47. The van der Waals surface area contributed by atoms with Gasteiger partial charge in [0.1, 0.15) is 5.58 Å². The molecule has 1 saturated heterocycles. The van der Waals surface area contributed by atoms with E-state index in [4.69, 9.17) is 4.42 Å². The first-order valence-corrected chi connectivity index (χ1v) is 8.37. The van der Waals surface area contributed by atoms with E-state index in [2.05, 4.69) is 20.8 Å². The average molecular weight is 351 g/mol. The number of rotatable bonds is 3. The number of benzene rings is 1. The highest BCUT2D eigenvalue weighted by Gasteiger charge is 2.24. The molecule has 0 radical (unpaired) electrons. The molecule has 0 N–H and O–H groups in total. The van der Waals surface area contributed by atoms with Gasteiger partial charge in [0.05, 0.1) is 0 Å². The maximum atomic E-state index is 12.5. The SMILES string of the molecule is Cc1ccc2oc(C(=O)N3CCN(CCBr)CC3)cc2c1. The Morgan fingerprint density at radius 3 is 2.71 bits per heavy atom. The quantitative estimate of drug-likeness (QED) is 0.798. The van der Waals surface area contributed by atoms with Gasteiger partial charge in [0.25, 0.3) is 5.91 Å². The molecule has 1 aromatic heterocycles. The molecule has 0 unspecified atom stereocenters. The third-order valence-corrected chi connectivity index (χ3v) is 4.30. The minimum absolute atomic E-state index is 0.00217. The van der Waals surface area contributed by atoms with Gasteiger partial charge in [0.15, 0.2) is 5.76 Å². The molecular weight excluding hydrogens is 332 g/mol. The number of amides is 1. The van der Waals surface area contributed by atoms with Crippen LogP contribution in [0.3, 0.4) is 0 Å². The first-order valence-electron chi connectivity index (χ1n) is 7.25. The number of carbonyl (C=O) groups excluding carboxylic acids is 1. The Kier molecular flexibility index (Phi) is 4.31. The first-order chi connectivity index (χ1) is 10.2. The fourth-order valence-electron chi connectivity index (χ4n) is 2.72. The van der Waals surface area contributed by atoms with Crippen molar-refractivity contribution < 1.29 is 9.21 Å². The van der Waals surface area contributed by atoms with Crippen molar-refractivity contribution in [2.24, 2.45) is 0 Å². The van der Waals surface area contributed by atoms with Gasteiger partial charge in [-0.25, -0.2) is 0 Å². The summed E-state index contributed by atoms with van der Waals surface area (Å²) in [6, 6.07) is 7.83. The molecule has 1 fully saturated rings. The predicted molar refractivity (Wildman–Crippen MR) is 87.1 cm³/mol. The highest BCUT2D eigenvalue weighted by atomic mass is 79.9. The van der Waals surface area contributed by atoms with Crippen LogP contribution in [-0.2, 0) is 0 Å². The average Bonchev–Trinajstić information content (AvgIpc) is 2.90. The standard InChI is InChI=1S/C16H19BrN2O2/c1-12-2-3-14-13(10-12)11-15(21-14)16(20)19-8-6-18(5-4-17)7-9-19/h2-3,10-11H,4-9H2,1H3. The fourth-order valence-corrected chi connectivity index (χ4v) is 3.22. The fraction of sp³-hybridized carbons (Fsp3) is 0.438. The van der Waals surface area contributed by atoms with E-state index in [0.29, 0.717) is 5.76 Å². The Balaban J connectivity index is 1.72. The summed E-state index contributed by atoms with van der Waals surface area (Å²) in [6.45, 7) is 6.46. The molecular formula is C16H19BrN2O2. The van der Waals surface area contributed by atoms with E-state index >= 15 is 0 Å². The van der Waals surface area contributed by atoms with Crippen molar-refractivity contribution in [2.45, 2.75) is 6.92 Å². The number of alkyl halides is 1. The van der Waals surface area contributed by atoms with Crippen LogP contribution in [0.1, 0.15) is 16.1 Å². The number of carbonyl (C=O) groups is 1. The van der Waals surface area contributed by atoms with E-state index in [9.17, 15) is 4.79 Å². The first kappa shape index (κ1) is 14.6. The smallest absolute Gasteiger partial charge is 0.289 e. The minimum Gasteiger partial charge on any atom is -0.451 e. The van der Waals surface area contributed by atoms with Crippen LogP contribution >= 0.6 is 15.9 Å². The molecule has 112 valence electrons. The van der Waals surface area contributed by atoms with Crippen molar-refractivity contribution in [3.63, 3.8) is 0 Å². The third kappa shape index (κ3) is 3.14. The van der Waals surface area contributed by atoms with Gasteiger partial charge in [-0.2, -0.15) is 0 Å². The van der Waals surface area contributed by atoms with Crippen LogP contribution < -0.4 is 0 Å². The number of aryl methyl sites for hydroxylation is 1. The number of hydrogen-bond donors (Lipinski definition) is 0. The lowest BCUT2D eigenvalue weighted by Crippen LogP contribution is -2.49. The number of halogens is 1. The summed E-state index contributed by atoms with van der Waals surface area (Å²) in [6.07, 6.45) is 0. The molecule has 2 heterocycles.